The Kier molecular flexibility index (Phi) is 3.10. The third-order valence-corrected chi connectivity index (χ3v) is 3.18. The standard InChI is InChI=1S/C15H14FN3O/c1-9-6-17-8-15(19-9)18-7-14-10(2)12-5-11(16)3-4-13(12)20-14/h3-6,8H,7H2,1-2H3,(H,18,19). The molecule has 1 N–H and O–H groups in total. The van der Waals surface area contributed by atoms with Crippen LogP contribution in [0.2, 0.25) is 0 Å². The van der Waals surface area contributed by atoms with E-state index in [0.29, 0.717) is 17.9 Å². The molecule has 0 fully saturated rings. The number of rotatable bonds is 3. The van der Waals surface area contributed by atoms with Crippen LogP contribution in [-0.2, 0) is 6.54 Å². The van der Waals surface area contributed by atoms with Crippen LogP contribution < -0.4 is 5.32 Å². The van der Waals surface area contributed by atoms with E-state index in [1.807, 2.05) is 13.8 Å². The van der Waals surface area contributed by atoms with Gasteiger partial charge in [0.2, 0.25) is 0 Å². The van der Waals surface area contributed by atoms with Crippen molar-refractivity contribution in [1.82, 2.24) is 9.97 Å². The van der Waals surface area contributed by atoms with Crippen molar-refractivity contribution in [1.29, 1.82) is 0 Å². The zero-order chi connectivity index (χ0) is 14.1. The first-order valence-corrected chi connectivity index (χ1v) is 6.33. The highest BCUT2D eigenvalue weighted by Crippen LogP contribution is 2.26. The van der Waals surface area contributed by atoms with Crippen molar-refractivity contribution >= 4 is 16.8 Å². The molecule has 20 heavy (non-hydrogen) atoms. The Bertz CT molecular complexity index is 767. The molecule has 0 aliphatic carbocycles. The summed E-state index contributed by atoms with van der Waals surface area (Å²) in [6.45, 7) is 4.29. The van der Waals surface area contributed by atoms with Crippen molar-refractivity contribution in [2.75, 3.05) is 5.32 Å². The number of anilines is 1. The summed E-state index contributed by atoms with van der Waals surface area (Å²) in [7, 11) is 0. The summed E-state index contributed by atoms with van der Waals surface area (Å²) >= 11 is 0. The molecule has 0 amide bonds. The quantitative estimate of drug-likeness (QED) is 0.791. The minimum atomic E-state index is -0.259. The summed E-state index contributed by atoms with van der Waals surface area (Å²) in [4.78, 5) is 8.38. The molecule has 0 bridgehead atoms. The Morgan fingerprint density at radius 3 is 2.90 bits per heavy atom. The van der Waals surface area contributed by atoms with E-state index >= 15 is 0 Å². The molecule has 3 rings (SSSR count). The van der Waals surface area contributed by atoms with Gasteiger partial charge in [-0.05, 0) is 32.0 Å². The van der Waals surface area contributed by atoms with E-state index in [1.165, 1.54) is 12.1 Å². The number of benzene rings is 1. The second kappa shape index (κ2) is 4.92. The van der Waals surface area contributed by atoms with Gasteiger partial charge in [0.1, 0.15) is 23.0 Å². The summed E-state index contributed by atoms with van der Waals surface area (Å²) in [6, 6.07) is 4.53. The molecule has 0 saturated carbocycles. The normalized spacial score (nSPS) is 10.9. The van der Waals surface area contributed by atoms with Gasteiger partial charge in [-0.2, -0.15) is 0 Å². The van der Waals surface area contributed by atoms with Crippen LogP contribution in [0.25, 0.3) is 11.0 Å². The molecule has 1 aromatic carbocycles. The van der Waals surface area contributed by atoms with Crippen LogP contribution in [0.1, 0.15) is 17.0 Å². The van der Waals surface area contributed by atoms with Gasteiger partial charge in [-0.3, -0.25) is 4.98 Å². The highest BCUT2D eigenvalue weighted by molar-refractivity contribution is 5.82. The SMILES string of the molecule is Cc1cncc(NCc2oc3ccc(F)cc3c2C)n1. The van der Waals surface area contributed by atoms with Gasteiger partial charge in [0.25, 0.3) is 0 Å². The average Bonchev–Trinajstić information content (AvgIpc) is 2.73. The van der Waals surface area contributed by atoms with Crippen LogP contribution in [0.5, 0.6) is 0 Å². The molecule has 0 saturated heterocycles. The molecule has 0 unspecified atom stereocenters. The van der Waals surface area contributed by atoms with Crippen LogP contribution in [0.3, 0.4) is 0 Å². The minimum absolute atomic E-state index is 0.259. The second-order valence-electron chi connectivity index (χ2n) is 4.69. The van der Waals surface area contributed by atoms with Crippen molar-refractivity contribution in [3.63, 3.8) is 0 Å². The maximum atomic E-state index is 13.2. The van der Waals surface area contributed by atoms with Gasteiger partial charge >= 0.3 is 0 Å². The molecule has 0 spiro atoms. The molecule has 102 valence electrons. The Morgan fingerprint density at radius 2 is 2.10 bits per heavy atom. The van der Waals surface area contributed by atoms with E-state index in [4.69, 9.17) is 4.42 Å². The fraction of sp³-hybridized carbons (Fsp3) is 0.200. The number of aryl methyl sites for hydroxylation is 2. The van der Waals surface area contributed by atoms with Crippen molar-refractivity contribution in [3.05, 3.63) is 53.4 Å². The van der Waals surface area contributed by atoms with Crippen LogP contribution in [-0.4, -0.2) is 9.97 Å². The maximum Gasteiger partial charge on any atom is 0.145 e. The molecule has 0 aliphatic rings. The molecule has 0 aliphatic heterocycles. The van der Waals surface area contributed by atoms with E-state index in [-0.39, 0.29) is 5.82 Å². The molecule has 2 heterocycles. The molecular weight excluding hydrogens is 257 g/mol. The minimum Gasteiger partial charge on any atom is -0.459 e. The Balaban J connectivity index is 1.86. The van der Waals surface area contributed by atoms with E-state index in [1.54, 1.807) is 18.5 Å². The van der Waals surface area contributed by atoms with Gasteiger partial charge in [0.05, 0.1) is 18.4 Å². The zero-order valence-electron chi connectivity index (χ0n) is 11.3. The van der Waals surface area contributed by atoms with Crippen LogP contribution in [0.15, 0.2) is 35.0 Å². The number of nitrogens with one attached hydrogen (secondary N) is 1. The summed E-state index contributed by atoms with van der Waals surface area (Å²) < 4.78 is 19.0. The van der Waals surface area contributed by atoms with Gasteiger partial charge < -0.3 is 9.73 Å². The Hall–Kier alpha value is -2.43. The first kappa shape index (κ1) is 12.6. The Labute approximate surface area is 115 Å². The highest BCUT2D eigenvalue weighted by atomic mass is 19.1. The van der Waals surface area contributed by atoms with E-state index in [0.717, 1.165) is 22.4 Å². The van der Waals surface area contributed by atoms with Gasteiger partial charge in [0, 0.05) is 17.1 Å². The number of nitrogens with zero attached hydrogens (tertiary/aromatic N) is 2. The van der Waals surface area contributed by atoms with Gasteiger partial charge in [-0.25, -0.2) is 9.37 Å². The number of halogens is 1. The van der Waals surface area contributed by atoms with Gasteiger partial charge in [-0.15, -0.1) is 0 Å². The van der Waals surface area contributed by atoms with Crippen molar-refractivity contribution in [2.45, 2.75) is 20.4 Å². The number of aromatic nitrogens is 2. The van der Waals surface area contributed by atoms with E-state index in [9.17, 15) is 4.39 Å². The fourth-order valence-corrected chi connectivity index (χ4v) is 2.13. The molecule has 0 radical (unpaired) electrons. The number of fused-ring (bicyclic) bond motifs is 1. The molecular formula is C15H14FN3O. The number of hydrogen-bond acceptors (Lipinski definition) is 4. The summed E-state index contributed by atoms with van der Waals surface area (Å²) in [5.41, 5.74) is 2.47. The molecule has 2 aromatic heterocycles. The lowest BCUT2D eigenvalue weighted by Crippen LogP contribution is -2.02. The fourth-order valence-electron chi connectivity index (χ4n) is 2.13. The van der Waals surface area contributed by atoms with Crippen LogP contribution in [0.4, 0.5) is 10.2 Å². The lowest BCUT2D eigenvalue weighted by Gasteiger charge is -2.04. The summed E-state index contributed by atoms with van der Waals surface area (Å²) in [6.07, 6.45) is 3.35. The van der Waals surface area contributed by atoms with E-state index < -0.39 is 0 Å². The highest BCUT2D eigenvalue weighted by Gasteiger charge is 2.11. The topological polar surface area (TPSA) is 51.0 Å². The van der Waals surface area contributed by atoms with Gasteiger partial charge in [-0.1, -0.05) is 0 Å². The van der Waals surface area contributed by atoms with Crippen LogP contribution >= 0.6 is 0 Å². The number of hydrogen-bond donors (Lipinski definition) is 1. The lowest BCUT2D eigenvalue weighted by atomic mass is 10.1. The maximum absolute atomic E-state index is 13.2. The van der Waals surface area contributed by atoms with Crippen molar-refractivity contribution in [2.24, 2.45) is 0 Å². The molecule has 0 atom stereocenters. The lowest BCUT2D eigenvalue weighted by molar-refractivity contribution is 0.554. The van der Waals surface area contributed by atoms with E-state index in [2.05, 4.69) is 15.3 Å². The predicted molar refractivity (Wildman–Crippen MR) is 75.0 cm³/mol. The van der Waals surface area contributed by atoms with Crippen molar-refractivity contribution < 1.29 is 8.81 Å². The monoisotopic (exact) mass is 271 g/mol. The molecule has 3 aromatic rings. The number of furan rings is 1. The Morgan fingerprint density at radius 1 is 1.25 bits per heavy atom. The van der Waals surface area contributed by atoms with Gasteiger partial charge in [0.15, 0.2) is 0 Å². The third-order valence-electron chi connectivity index (χ3n) is 3.18. The van der Waals surface area contributed by atoms with Crippen LogP contribution in [0, 0.1) is 19.7 Å². The van der Waals surface area contributed by atoms with Crippen molar-refractivity contribution in [3.8, 4) is 0 Å². The summed E-state index contributed by atoms with van der Waals surface area (Å²) in [5.74, 6) is 1.20. The second-order valence-corrected chi connectivity index (χ2v) is 4.69. The smallest absolute Gasteiger partial charge is 0.145 e. The predicted octanol–water partition coefficient (Wildman–Crippen LogP) is 3.59. The average molecular weight is 271 g/mol. The largest absolute Gasteiger partial charge is 0.459 e. The first-order chi connectivity index (χ1) is 9.63. The zero-order valence-corrected chi connectivity index (χ0v) is 11.3. The third kappa shape index (κ3) is 2.34. The molecule has 4 nitrogen and oxygen atoms in total. The molecule has 5 heteroatoms. The summed E-state index contributed by atoms with van der Waals surface area (Å²) in [5, 5.41) is 3.96. The first-order valence-electron chi connectivity index (χ1n) is 6.33.